The smallest absolute Gasteiger partial charge is 0.306 e. The van der Waals surface area contributed by atoms with E-state index in [4.69, 9.17) is 10.5 Å². The van der Waals surface area contributed by atoms with E-state index >= 15 is 0 Å². The second kappa shape index (κ2) is 12.0. The van der Waals surface area contributed by atoms with Gasteiger partial charge in [0, 0.05) is 12.3 Å². The summed E-state index contributed by atoms with van der Waals surface area (Å²) in [6.45, 7) is 5.38. The summed E-state index contributed by atoms with van der Waals surface area (Å²) in [5, 5.41) is 7.40. The van der Waals surface area contributed by atoms with Crippen molar-refractivity contribution < 1.29 is 23.9 Å². The number of hydrogen-bond acceptors (Lipinski definition) is 5. The van der Waals surface area contributed by atoms with Crippen molar-refractivity contribution in [3.05, 3.63) is 48.0 Å². The summed E-state index contributed by atoms with van der Waals surface area (Å²) in [5.74, 6) is -2.59. The second-order valence-electron chi connectivity index (χ2n) is 8.69. The number of nitrogens with one attached hydrogen (secondary N) is 2. The van der Waals surface area contributed by atoms with Gasteiger partial charge in [-0.25, -0.2) is 0 Å². The van der Waals surface area contributed by atoms with Gasteiger partial charge in [-0.3, -0.25) is 19.2 Å². The van der Waals surface area contributed by atoms with E-state index in [1.54, 1.807) is 0 Å². The Morgan fingerprint density at radius 1 is 0.939 bits per heavy atom. The molecular weight excluding hydrogens is 422 g/mol. The molecule has 178 valence electrons. The van der Waals surface area contributed by atoms with Crippen LogP contribution in [0, 0.1) is 11.8 Å². The van der Waals surface area contributed by atoms with Crippen LogP contribution in [-0.2, 0) is 30.3 Å². The molecule has 2 aromatic rings. The molecule has 0 aliphatic carbocycles. The summed E-state index contributed by atoms with van der Waals surface area (Å²) in [4.78, 5) is 49.3. The van der Waals surface area contributed by atoms with Gasteiger partial charge in [0.2, 0.25) is 17.7 Å². The van der Waals surface area contributed by atoms with Crippen LogP contribution in [0.2, 0.25) is 0 Å². The molecule has 0 radical (unpaired) electrons. The van der Waals surface area contributed by atoms with Crippen molar-refractivity contribution in [1.82, 2.24) is 10.6 Å². The fraction of sp³-hybridized carbons (Fsp3) is 0.440. The van der Waals surface area contributed by atoms with Crippen molar-refractivity contribution in [2.75, 3.05) is 7.11 Å². The molecule has 8 heteroatoms. The SMILES string of the molecule is COC(=O)CC(CC(C)C)C(=O)N[C@@H](Cc1ccc2ccccc2c1)C(=O)N[C@@H](C)C(N)=O. The molecule has 0 aliphatic rings. The number of fused-ring (bicyclic) bond motifs is 1. The third-order valence-electron chi connectivity index (χ3n) is 5.44. The number of hydrogen-bond donors (Lipinski definition) is 3. The summed E-state index contributed by atoms with van der Waals surface area (Å²) in [6.07, 6.45) is 0.589. The third-order valence-corrected chi connectivity index (χ3v) is 5.44. The normalized spacial score (nSPS) is 13.7. The molecule has 3 atom stereocenters. The maximum absolute atomic E-state index is 13.1. The lowest BCUT2D eigenvalue weighted by atomic mass is 9.92. The molecule has 0 fully saturated rings. The lowest BCUT2D eigenvalue weighted by Gasteiger charge is -2.24. The van der Waals surface area contributed by atoms with Gasteiger partial charge in [-0.05, 0) is 35.6 Å². The minimum Gasteiger partial charge on any atom is -0.469 e. The Kier molecular flexibility index (Phi) is 9.39. The summed E-state index contributed by atoms with van der Waals surface area (Å²) in [7, 11) is 1.27. The van der Waals surface area contributed by atoms with Crippen molar-refractivity contribution >= 4 is 34.5 Å². The zero-order chi connectivity index (χ0) is 24.5. The molecule has 2 aromatic carbocycles. The quantitative estimate of drug-likeness (QED) is 0.447. The lowest BCUT2D eigenvalue weighted by molar-refractivity contribution is -0.144. The van der Waals surface area contributed by atoms with Crippen LogP contribution in [0.25, 0.3) is 10.8 Å². The highest BCUT2D eigenvalue weighted by molar-refractivity contribution is 5.93. The summed E-state index contributed by atoms with van der Waals surface area (Å²) in [5.41, 5.74) is 6.12. The van der Waals surface area contributed by atoms with E-state index in [9.17, 15) is 19.2 Å². The molecule has 0 bridgehead atoms. The fourth-order valence-corrected chi connectivity index (χ4v) is 3.62. The number of ether oxygens (including phenoxy) is 1. The molecule has 0 aliphatic heterocycles. The number of carbonyl (C=O) groups is 4. The van der Waals surface area contributed by atoms with Crippen molar-refractivity contribution in [1.29, 1.82) is 0 Å². The first kappa shape index (κ1) is 25.8. The van der Waals surface area contributed by atoms with Gasteiger partial charge in [-0.15, -0.1) is 0 Å². The molecular formula is C25H33N3O5. The van der Waals surface area contributed by atoms with Gasteiger partial charge < -0.3 is 21.1 Å². The van der Waals surface area contributed by atoms with Crippen molar-refractivity contribution in [3.63, 3.8) is 0 Å². The molecule has 0 saturated heterocycles. The van der Waals surface area contributed by atoms with Crippen molar-refractivity contribution in [2.45, 2.75) is 52.1 Å². The van der Waals surface area contributed by atoms with Crippen LogP contribution in [0.1, 0.15) is 39.2 Å². The molecule has 3 amide bonds. The summed E-state index contributed by atoms with van der Waals surface area (Å²) in [6, 6.07) is 11.8. The highest BCUT2D eigenvalue weighted by Crippen LogP contribution is 2.19. The Labute approximate surface area is 194 Å². The average Bonchev–Trinajstić information content (AvgIpc) is 2.77. The number of amides is 3. The number of nitrogens with two attached hydrogens (primary N) is 1. The van der Waals surface area contributed by atoms with E-state index in [0.717, 1.165) is 16.3 Å². The summed E-state index contributed by atoms with van der Waals surface area (Å²) < 4.78 is 4.73. The first-order chi connectivity index (χ1) is 15.6. The van der Waals surface area contributed by atoms with E-state index in [-0.39, 0.29) is 18.8 Å². The van der Waals surface area contributed by atoms with Crippen LogP contribution in [0.15, 0.2) is 42.5 Å². The van der Waals surface area contributed by atoms with Crippen LogP contribution in [0.3, 0.4) is 0 Å². The number of rotatable bonds is 11. The predicted octanol–water partition coefficient (Wildman–Crippen LogP) is 2.08. The van der Waals surface area contributed by atoms with Crippen molar-refractivity contribution in [2.24, 2.45) is 17.6 Å². The van der Waals surface area contributed by atoms with E-state index < -0.39 is 41.7 Å². The van der Waals surface area contributed by atoms with Crippen LogP contribution in [0.5, 0.6) is 0 Å². The van der Waals surface area contributed by atoms with Crippen LogP contribution in [-0.4, -0.2) is 42.9 Å². The van der Waals surface area contributed by atoms with Gasteiger partial charge in [0.25, 0.3) is 0 Å². The number of methoxy groups -OCH3 is 1. The van der Waals surface area contributed by atoms with Gasteiger partial charge >= 0.3 is 5.97 Å². The van der Waals surface area contributed by atoms with Gasteiger partial charge in [-0.1, -0.05) is 56.3 Å². The Bertz CT molecular complexity index is 1000. The van der Waals surface area contributed by atoms with E-state index in [2.05, 4.69) is 10.6 Å². The topological polar surface area (TPSA) is 128 Å². The standard InChI is InChI=1S/C25H33N3O5/c1-15(2)11-20(14-22(29)33-4)24(31)28-21(25(32)27-16(3)23(26)30)13-17-9-10-18-7-5-6-8-19(18)12-17/h5-10,12,15-16,20-21H,11,13-14H2,1-4H3,(H2,26,30)(H,27,32)(H,28,31)/t16-,20?,21-/m0/s1. The zero-order valence-electron chi connectivity index (χ0n) is 19.6. The minimum absolute atomic E-state index is 0.0808. The summed E-state index contributed by atoms with van der Waals surface area (Å²) >= 11 is 0. The molecule has 0 spiro atoms. The number of primary amides is 1. The predicted molar refractivity (Wildman–Crippen MR) is 126 cm³/mol. The maximum Gasteiger partial charge on any atom is 0.306 e. The lowest BCUT2D eigenvalue weighted by Crippen LogP contribution is -2.53. The highest BCUT2D eigenvalue weighted by Gasteiger charge is 2.29. The average molecular weight is 456 g/mol. The first-order valence-electron chi connectivity index (χ1n) is 11.0. The second-order valence-corrected chi connectivity index (χ2v) is 8.69. The highest BCUT2D eigenvalue weighted by atomic mass is 16.5. The number of carbonyl (C=O) groups excluding carboxylic acids is 4. The molecule has 0 heterocycles. The van der Waals surface area contributed by atoms with E-state index in [1.807, 2.05) is 56.3 Å². The Morgan fingerprint density at radius 2 is 1.61 bits per heavy atom. The zero-order valence-corrected chi connectivity index (χ0v) is 19.6. The molecule has 0 aromatic heterocycles. The van der Waals surface area contributed by atoms with Crippen molar-refractivity contribution in [3.8, 4) is 0 Å². The van der Waals surface area contributed by atoms with Gasteiger partial charge in [0.05, 0.1) is 13.5 Å². The molecule has 8 nitrogen and oxygen atoms in total. The molecule has 0 saturated carbocycles. The fourth-order valence-electron chi connectivity index (χ4n) is 3.62. The Morgan fingerprint density at radius 3 is 2.21 bits per heavy atom. The van der Waals surface area contributed by atoms with Gasteiger partial charge in [0.1, 0.15) is 12.1 Å². The third kappa shape index (κ3) is 7.89. The molecule has 2 rings (SSSR count). The molecule has 1 unspecified atom stereocenters. The Hall–Kier alpha value is -3.42. The number of benzene rings is 2. The molecule has 4 N–H and O–H groups in total. The number of esters is 1. The molecule has 33 heavy (non-hydrogen) atoms. The Balaban J connectivity index is 2.27. The van der Waals surface area contributed by atoms with Crippen LogP contribution in [0.4, 0.5) is 0 Å². The largest absolute Gasteiger partial charge is 0.469 e. The first-order valence-corrected chi connectivity index (χ1v) is 11.0. The van der Waals surface area contributed by atoms with E-state index in [0.29, 0.717) is 6.42 Å². The van der Waals surface area contributed by atoms with Gasteiger partial charge in [0.15, 0.2) is 0 Å². The van der Waals surface area contributed by atoms with Gasteiger partial charge in [-0.2, -0.15) is 0 Å². The van der Waals surface area contributed by atoms with E-state index in [1.165, 1.54) is 14.0 Å². The van der Waals surface area contributed by atoms with Crippen LogP contribution < -0.4 is 16.4 Å². The van der Waals surface area contributed by atoms with Crippen LogP contribution >= 0.6 is 0 Å². The monoisotopic (exact) mass is 455 g/mol. The maximum atomic E-state index is 13.1. The minimum atomic E-state index is -0.951.